The van der Waals surface area contributed by atoms with Gasteiger partial charge in [-0.15, -0.1) is 0 Å². The summed E-state index contributed by atoms with van der Waals surface area (Å²) in [4.78, 5) is 0. The predicted molar refractivity (Wildman–Crippen MR) is 77.7 cm³/mol. The molecule has 1 aromatic carbocycles. The van der Waals surface area contributed by atoms with Gasteiger partial charge in [-0.3, -0.25) is 0 Å². The first-order valence-electron chi connectivity index (χ1n) is 7.19. The second-order valence-electron chi connectivity index (χ2n) is 5.93. The molecular formula is C16H25NO2. The van der Waals surface area contributed by atoms with Crippen LogP contribution >= 0.6 is 0 Å². The maximum Gasteiger partial charge on any atom is 0.123 e. The van der Waals surface area contributed by atoms with E-state index in [0.29, 0.717) is 6.54 Å². The first kappa shape index (κ1) is 14.4. The molecule has 0 radical (unpaired) electrons. The Hall–Kier alpha value is -1.06. The summed E-state index contributed by atoms with van der Waals surface area (Å²) in [6, 6.07) is 6.33. The average molecular weight is 263 g/mol. The molecule has 19 heavy (non-hydrogen) atoms. The number of rotatable bonds is 6. The van der Waals surface area contributed by atoms with E-state index >= 15 is 0 Å². The first-order chi connectivity index (χ1) is 9.00. The van der Waals surface area contributed by atoms with Crippen LogP contribution in [0.4, 0.5) is 0 Å². The summed E-state index contributed by atoms with van der Waals surface area (Å²) in [5.41, 5.74) is 1.96. The van der Waals surface area contributed by atoms with Gasteiger partial charge in [0, 0.05) is 19.5 Å². The van der Waals surface area contributed by atoms with Crippen LogP contribution in [0.1, 0.15) is 37.8 Å². The molecule has 0 aliphatic carbocycles. The molecule has 106 valence electrons. The van der Waals surface area contributed by atoms with Crippen molar-refractivity contribution in [1.29, 1.82) is 0 Å². The van der Waals surface area contributed by atoms with Gasteiger partial charge in [0.1, 0.15) is 11.9 Å². The van der Waals surface area contributed by atoms with Crippen LogP contribution in [0.2, 0.25) is 0 Å². The van der Waals surface area contributed by atoms with Crippen molar-refractivity contribution in [3.63, 3.8) is 0 Å². The summed E-state index contributed by atoms with van der Waals surface area (Å²) in [5.74, 6) is 1.01. The Morgan fingerprint density at radius 1 is 1.47 bits per heavy atom. The minimum Gasteiger partial charge on any atom is -0.488 e. The van der Waals surface area contributed by atoms with Crippen LogP contribution in [0.25, 0.3) is 0 Å². The Morgan fingerprint density at radius 2 is 2.26 bits per heavy atom. The number of aliphatic hydroxyl groups is 1. The molecule has 1 aromatic rings. The third-order valence-electron chi connectivity index (χ3n) is 3.62. The van der Waals surface area contributed by atoms with Crippen molar-refractivity contribution in [2.45, 2.75) is 51.7 Å². The van der Waals surface area contributed by atoms with E-state index in [4.69, 9.17) is 4.74 Å². The number of aryl methyl sites for hydroxylation is 1. The van der Waals surface area contributed by atoms with Gasteiger partial charge < -0.3 is 15.2 Å². The molecule has 0 spiro atoms. The molecule has 2 atom stereocenters. The molecule has 0 saturated carbocycles. The predicted octanol–water partition coefficient (Wildman–Crippen LogP) is 2.44. The van der Waals surface area contributed by atoms with Gasteiger partial charge in [0.25, 0.3) is 0 Å². The highest BCUT2D eigenvalue weighted by Crippen LogP contribution is 2.29. The topological polar surface area (TPSA) is 41.5 Å². The lowest BCUT2D eigenvalue weighted by Gasteiger charge is -2.24. The molecule has 0 fully saturated rings. The van der Waals surface area contributed by atoms with Gasteiger partial charge >= 0.3 is 0 Å². The van der Waals surface area contributed by atoms with Crippen LogP contribution in [0.3, 0.4) is 0 Å². The molecule has 0 amide bonds. The zero-order valence-corrected chi connectivity index (χ0v) is 12.2. The van der Waals surface area contributed by atoms with Crippen molar-refractivity contribution < 1.29 is 9.84 Å². The quantitative estimate of drug-likeness (QED) is 0.828. The fourth-order valence-corrected chi connectivity index (χ4v) is 2.69. The average Bonchev–Trinajstić information content (AvgIpc) is 2.70. The maximum absolute atomic E-state index is 10.1. The van der Waals surface area contributed by atoms with E-state index in [2.05, 4.69) is 37.4 Å². The van der Waals surface area contributed by atoms with Crippen LogP contribution in [0, 0.1) is 6.92 Å². The molecule has 1 aliphatic heterocycles. The van der Waals surface area contributed by atoms with Crippen molar-refractivity contribution in [3.8, 4) is 5.75 Å². The van der Waals surface area contributed by atoms with Gasteiger partial charge in [0.15, 0.2) is 0 Å². The number of nitrogens with one attached hydrogen (secondary N) is 1. The van der Waals surface area contributed by atoms with Crippen LogP contribution in [-0.4, -0.2) is 29.9 Å². The monoisotopic (exact) mass is 263 g/mol. The van der Waals surface area contributed by atoms with E-state index in [-0.39, 0.29) is 6.10 Å². The zero-order valence-electron chi connectivity index (χ0n) is 12.2. The van der Waals surface area contributed by atoms with Gasteiger partial charge in [0.05, 0.1) is 5.60 Å². The van der Waals surface area contributed by atoms with E-state index in [0.717, 1.165) is 31.6 Å². The lowest BCUT2D eigenvalue weighted by molar-refractivity contribution is 0.0478. The molecule has 3 nitrogen and oxygen atoms in total. The van der Waals surface area contributed by atoms with Gasteiger partial charge in [-0.1, -0.05) is 31.0 Å². The fraction of sp³-hybridized carbons (Fsp3) is 0.625. The van der Waals surface area contributed by atoms with E-state index in [1.165, 1.54) is 11.1 Å². The minimum absolute atomic E-state index is 0.189. The summed E-state index contributed by atoms with van der Waals surface area (Å²) in [7, 11) is 0. The molecule has 0 bridgehead atoms. The van der Waals surface area contributed by atoms with E-state index < -0.39 is 5.60 Å². The Bertz CT molecular complexity index is 429. The highest BCUT2D eigenvalue weighted by atomic mass is 16.5. The van der Waals surface area contributed by atoms with Crippen molar-refractivity contribution >= 4 is 0 Å². The fourth-order valence-electron chi connectivity index (χ4n) is 2.69. The number of ether oxygens (including phenoxy) is 1. The largest absolute Gasteiger partial charge is 0.488 e. The molecule has 2 unspecified atom stereocenters. The molecule has 2 rings (SSSR count). The molecule has 2 N–H and O–H groups in total. The maximum atomic E-state index is 10.1. The highest BCUT2D eigenvalue weighted by molar-refractivity contribution is 5.40. The zero-order chi connectivity index (χ0) is 13.9. The van der Waals surface area contributed by atoms with Crippen LogP contribution in [0.15, 0.2) is 18.2 Å². The van der Waals surface area contributed by atoms with Crippen LogP contribution < -0.4 is 10.1 Å². The van der Waals surface area contributed by atoms with E-state index in [1.54, 1.807) is 0 Å². The van der Waals surface area contributed by atoms with E-state index in [1.807, 2.05) is 6.92 Å². The Labute approximate surface area is 116 Å². The molecule has 3 heteroatoms. The molecule has 1 heterocycles. The van der Waals surface area contributed by atoms with Crippen molar-refractivity contribution in [2.75, 3.05) is 13.1 Å². The number of hydrogen-bond acceptors (Lipinski definition) is 3. The van der Waals surface area contributed by atoms with Crippen LogP contribution in [0.5, 0.6) is 5.75 Å². The highest BCUT2D eigenvalue weighted by Gasteiger charge is 2.24. The standard InChI is InChI=1S/C16H25NO2/c1-4-7-16(3,18)11-17-10-14-9-13-8-12(2)5-6-15(13)19-14/h5-6,8,14,17-18H,4,7,9-11H2,1-3H3. The normalized spacial score (nSPS) is 20.7. The second kappa shape index (κ2) is 5.93. The van der Waals surface area contributed by atoms with Crippen molar-refractivity contribution in [3.05, 3.63) is 29.3 Å². The Balaban J connectivity index is 1.78. The second-order valence-corrected chi connectivity index (χ2v) is 5.93. The summed E-state index contributed by atoms with van der Waals surface area (Å²) in [5, 5.41) is 13.4. The number of benzene rings is 1. The summed E-state index contributed by atoms with van der Waals surface area (Å²) in [6.07, 6.45) is 2.97. The lowest BCUT2D eigenvalue weighted by atomic mass is 10.0. The minimum atomic E-state index is -0.614. The van der Waals surface area contributed by atoms with Gasteiger partial charge in [0.2, 0.25) is 0 Å². The number of fused-ring (bicyclic) bond motifs is 1. The summed E-state index contributed by atoms with van der Waals surface area (Å²) >= 11 is 0. The van der Waals surface area contributed by atoms with E-state index in [9.17, 15) is 5.11 Å². The first-order valence-corrected chi connectivity index (χ1v) is 7.19. The van der Waals surface area contributed by atoms with Crippen molar-refractivity contribution in [2.24, 2.45) is 0 Å². The van der Waals surface area contributed by atoms with Gasteiger partial charge in [-0.25, -0.2) is 0 Å². The molecular weight excluding hydrogens is 238 g/mol. The third kappa shape index (κ3) is 3.95. The smallest absolute Gasteiger partial charge is 0.123 e. The lowest BCUT2D eigenvalue weighted by Crippen LogP contribution is -2.41. The molecule has 1 aliphatic rings. The van der Waals surface area contributed by atoms with Gasteiger partial charge in [-0.2, -0.15) is 0 Å². The molecule has 0 aromatic heterocycles. The Morgan fingerprint density at radius 3 is 3.00 bits per heavy atom. The summed E-state index contributed by atoms with van der Waals surface area (Å²) in [6.45, 7) is 7.49. The van der Waals surface area contributed by atoms with Crippen LogP contribution in [-0.2, 0) is 6.42 Å². The molecule has 0 saturated heterocycles. The van der Waals surface area contributed by atoms with Crippen molar-refractivity contribution in [1.82, 2.24) is 5.32 Å². The SMILES string of the molecule is CCCC(C)(O)CNCC1Cc2cc(C)ccc2O1. The third-order valence-corrected chi connectivity index (χ3v) is 3.62. The number of hydrogen-bond donors (Lipinski definition) is 2. The summed E-state index contributed by atoms with van der Waals surface area (Å²) < 4.78 is 5.89. The Kier molecular flexibility index (Phi) is 4.48. The van der Waals surface area contributed by atoms with Gasteiger partial charge in [-0.05, 0) is 31.9 Å².